The summed E-state index contributed by atoms with van der Waals surface area (Å²) in [6.45, 7) is 6.18. The second kappa shape index (κ2) is 7.38. The Morgan fingerprint density at radius 1 is 1.29 bits per heavy atom. The van der Waals surface area contributed by atoms with Crippen molar-refractivity contribution >= 4 is 31.9 Å². The van der Waals surface area contributed by atoms with Crippen molar-refractivity contribution in [2.45, 2.75) is 44.6 Å². The third-order valence-electron chi connectivity index (χ3n) is 3.07. The minimum absolute atomic E-state index is 0.0185. The number of nitrogens with two attached hydrogens (primary N) is 1. The first-order chi connectivity index (χ1) is 9.61. The number of halogens is 1. The molecule has 0 saturated carbocycles. The normalized spacial score (nSPS) is 13.2. The number of rotatable bonds is 6. The van der Waals surface area contributed by atoms with E-state index in [0.29, 0.717) is 10.4 Å². The highest BCUT2D eigenvalue weighted by atomic mass is 79.9. The quantitative estimate of drug-likeness (QED) is 0.799. The van der Waals surface area contributed by atoms with E-state index in [2.05, 4.69) is 35.1 Å². The van der Waals surface area contributed by atoms with E-state index in [0.717, 1.165) is 12.8 Å². The molecule has 0 aliphatic rings. The molecule has 0 bridgehead atoms. The van der Waals surface area contributed by atoms with Gasteiger partial charge in [0, 0.05) is 10.5 Å². The standard InChI is InChI=1S/C14H21BrN2O3S/c1-9(2)4-5-10(3)17-14(18)12-8-11(21(16,19)20)6-7-13(12)15/h6-10H,4-5H2,1-3H3,(H,17,18)(H2,16,19,20)/t10-/m1/s1. The molecule has 0 aliphatic heterocycles. The van der Waals surface area contributed by atoms with Gasteiger partial charge in [-0.15, -0.1) is 0 Å². The minimum Gasteiger partial charge on any atom is -0.350 e. The Labute approximate surface area is 134 Å². The fourth-order valence-electron chi connectivity index (χ4n) is 1.81. The molecule has 3 N–H and O–H groups in total. The van der Waals surface area contributed by atoms with E-state index in [-0.39, 0.29) is 22.4 Å². The van der Waals surface area contributed by atoms with Crippen LogP contribution in [0.2, 0.25) is 0 Å². The summed E-state index contributed by atoms with van der Waals surface area (Å²) in [5, 5.41) is 7.95. The highest BCUT2D eigenvalue weighted by molar-refractivity contribution is 9.10. The Morgan fingerprint density at radius 2 is 1.90 bits per heavy atom. The zero-order chi connectivity index (χ0) is 16.2. The summed E-state index contributed by atoms with van der Waals surface area (Å²) in [6, 6.07) is 4.17. The summed E-state index contributed by atoms with van der Waals surface area (Å²) < 4.78 is 23.2. The molecule has 0 fully saturated rings. The van der Waals surface area contributed by atoms with Gasteiger partial charge < -0.3 is 5.32 Å². The molecule has 21 heavy (non-hydrogen) atoms. The van der Waals surface area contributed by atoms with Crippen LogP contribution in [0.4, 0.5) is 0 Å². The average Bonchev–Trinajstić information content (AvgIpc) is 2.35. The molecule has 0 unspecified atom stereocenters. The molecule has 0 spiro atoms. The van der Waals surface area contributed by atoms with Gasteiger partial charge in [0.15, 0.2) is 0 Å². The van der Waals surface area contributed by atoms with Crippen LogP contribution in [0.3, 0.4) is 0 Å². The Hall–Kier alpha value is -0.920. The van der Waals surface area contributed by atoms with E-state index in [1.54, 1.807) is 0 Å². The number of nitrogens with one attached hydrogen (secondary N) is 1. The second-order valence-corrected chi connectivity index (χ2v) is 7.95. The number of hydrogen-bond acceptors (Lipinski definition) is 3. The Kier molecular flexibility index (Phi) is 6.37. The molecular formula is C14H21BrN2O3S. The van der Waals surface area contributed by atoms with Crippen LogP contribution in [-0.4, -0.2) is 20.4 Å². The van der Waals surface area contributed by atoms with Gasteiger partial charge in [0.05, 0.1) is 10.5 Å². The van der Waals surface area contributed by atoms with Gasteiger partial charge in [-0.3, -0.25) is 4.79 Å². The lowest BCUT2D eigenvalue weighted by Crippen LogP contribution is -2.33. The van der Waals surface area contributed by atoms with Gasteiger partial charge in [-0.05, 0) is 59.8 Å². The Morgan fingerprint density at radius 3 is 2.43 bits per heavy atom. The molecular weight excluding hydrogens is 356 g/mol. The molecule has 0 radical (unpaired) electrons. The van der Waals surface area contributed by atoms with Crippen molar-refractivity contribution in [1.82, 2.24) is 5.32 Å². The molecule has 0 aliphatic carbocycles. The molecule has 0 saturated heterocycles. The number of primary sulfonamides is 1. The molecule has 5 nitrogen and oxygen atoms in total. The smallest absolute Gasteiger partial charge is 0.252 e. The lowest BCUT2D eigenvalue weighted by atomic mass is 10.0. The summed E-state index contributed by atoms with van der Waals surface area (Å²) in [5.74, 6) is 0.255. The van der Waals surface area contributed by atoms with E-state index in [9.17, 15) is 13.2 Å². The number of benzene rings is 1. The van der Waals surface area contributed by atoms with E-state index in [1.807, 2.05) is 6.92 Å². The number of hydrogen-bond donors (Lipinski definition) is 2. The van der Waals surface area contributed by atoms with Crippen molar-refractivity contribution in [3.63, 3.8) is 0 Å². The number of sulfonamides is 1. The third-order valence-corrected chi connectivity index (χ3v) is 4.67. The maximum absolute atomic E-state index is 12.2. The number of carbonyl (C=O) groups excluding carboxylic acids is 1. The monoisotopic (exact) mass is 376 g/mol. The lowest BCUT2D eigenvalue weighted by molar-refractivity contribution is 0.0936. The molecule has 1 rings (SSSR count). The van der Waals surface area contributed by atoms with Crippen molar-refractivity contribution in [3.05, 3.63) is 28.2 Å². The van der Waals surface area contributed by atoms with Gasteiger partial charge in [-0.1, -0.05) is 13.8 Å². The van der Waals surface area contributed by atoms with Crippen LogP contribution in [0.5, 0.6) is 0 Å². The van der Waals surface area contributed by atoms with Gasteiger partial charge in [-0.25, -0.2) is 13.6 Å². The lowest BCUT2D eigenvalue weighted by Gasteiger charge is -2.16. The largest absolute Gasteiger partial charge is 0.350 e. The van der Waals surface area contributed by atoms with Gasteiger partial charge in [0.2, 0.25) is 10.0 Å². The van der Waals surface area contributed by atoms with Crippen LogP contribution in [0.1, 0.15) is 44.0 Å². The van der Waals surface area contributed by atoms with E-state index < -0.39 is 10.0 Å². The zero-order valence-electron chi connectivity index (χ0n) is 12.4. The van der Waals surface area contributed by atoms with Crippen LogP contribution in [0, 0.1) is 5.92 Å². The second-order valence-electron chi connectivity index (χ2n) is 5.53. The predicted octanol–water partition coefficient (Wildman–Crippen LogP) is 2.65. The minimum atomic E-state index is -3.83. The van der Waals surface area contributed by atoms with Crippen molar-refractivity contribution in [2.75, 3.05) is 0 Å². The Bertz CT molecular complexity index is 615. The first-order valence-electron chi connectivity index (χ1n) is 6.74. The SMILES string of the molecule is CC(C)CC[C@@H](C)NC(=O)c1cc(S(N)(=O)=O)ccc1Br. The maximum Gasteiger partial charge on any atom is 0.252 e. The first kappa shape index (κ1) is 18.1. The van der Waals surface area contributed by atoms with E-state index >= 15 is 0 Å². The molecule has 118 valence electrons. The highest BCUT2D eigenvalue weighted by Crippen LogP contribution is 2.20. The highest BCUT2D eigenvalue weighted by Gasteiger charge is 2.17. The fraction of sp³-hybridized carbons (Fsp3) is 0.500. The van der Waals surface area contributed by atoms with Crippen LogP contribution in [0.15, 0.2) is 27.6 Å². The molecule has 1 aromatic carbocycles. The van der Waals surface area contributed by atoms with Crippen molar-refractivity contribution < 1.29 is 13.2 Å². The van der Waals surface area contributed by atoms with Gasteiger partial charge >= 0.3 is 0 Å². The number of carbonyl (C=O) groups is 1. The molecule has 1 amide bonds. The van der Waals surface area contributed by atoms with Crippen molar-refractivity contribution in [1.29, 1.82) is 0 Å². The van der Waals surface area contributed by atoms with Gasteiger partial charge in [-0.2, -0.15) is 0 Å². The van der Waals surface area contributed by atoms with Crippen LogP contribution in [0.25, 0.3) is 0 Å². The van der Waals surface area contributed by atoms with Crippen LogP contribution in [-0.2, 0) is 10.0 Å². The van der Waals surface area contributed by atoms with Gasteiger partial charge in [0.1, 0.15) is 0 Å². The summed E-state index contributed by atoms with van der Waals surface area (Å²) >= 11 is 3.25. The summed E-state index contributed by atoms with van der Waals surface area (Å²) in [7, 11) is -3.83. The molecule has 1 aromatic rings. The summed E-state index contributed by atoms with van der Waals surface area (Å²) in [5.41, 5.74) is 0.262. The molecule has 0 heterocycles. The summed E-state index contributed by atoms with van der Waals surface area (Å²) in [6.07, 6.45) is 1.88. The molecule has 1 atom stereocenters. The first-order valence-corrected chi connectivity index (χ1v) is 9.08. The van der Waals surface area contributed by atoms with E-state index in [4.69, 9.17) is 5.14 Å². The molecule has 7 heteroatoms. The Balaban J connectivity index is 2.87. The topological polar surface area (TPSA) is 89.3 Å². The fourth-order valence-corrected chi connectivity index (χ4v) is 2.78. The average molecular weight is 377 g/mol. The van der Waals surface area contributed by atoms with Crippen LogP contribution < -0.4 is 10.5 Å². The molecule has 0 aromatic heterocycles. The van der Waals surface area contributed by atoms with Gasteiger partial charge in [0.25, 0.3) is 5.91 Å². The predicted molar refractivity (Wildman–Crippen MR) is 86.5 cm³/mol. The van der Waals surface area contributed by atoms with Crippen LogP contribution >= 0.6 is 15.9 Å². The maximum atomic E-state index is 12.2. The summed E-state index contributed by atoms with van der Waals surface area (Å²) in [4.78, 5) is 12.1. The zero-order valence-corrected chi connectivity index (χ0v) is 14.8. The third kappa shape index (κ3) is 5.76. The van der Waals surface area contributed by atoms with E-state index in [1.165, 1.54) is 18.2 Å². The number of amides is 1. The van der Waals surface area contributed by atoms with Crippen molar-refractivity contribution in [2.24, 2.45) is 11.1 Å². The van der Waals surface area contributed by atoms with Crippen molar-refractivity contribution in [3.8, 4) is 0 Å².